The van der Waals surface area contributed by atoms with E-state index in [1.54, 1.807) is 10.9 Å². The Bertz CT molecular complexity index is 1390. The first kappa shape index (κ1) is 27.7. The Kier molecular flexibility index (Phi) is 7.87. The highest BCUT2D eigenvalue weighted by Gasteiger charge is 2.34. The Morgan fingerprint density at radius 2 is 1.89 bits per heavy atom. The molecule has 206 valence electrons. The number of carbonyl (C=O) groups is 1. The van der Waals surface area contributed by atoms with E-state index < -0.39 is 12.7 Å². The molecule has 0 spiro atoms. The standard InChI is InChI=1S/C27H35F3N6O2/c1-6-36(19-7-9-35(10-8-19)15-27(28,29)30)23-12-20(18(4)24-22(23)14-32-34(24)5)25(37)31-13-21-16(2)11-17(3)33-26(21)38/h11-12,14,19H,6-10,13,15H2,1-5H3,(H,31,37)(H,33,38). The maximum atomic E-state index is 13.4. The minimum Gasteiger partial charge on any atom is -0.368 e. The van der Waals surface area contributed by atoms with Crippen molar-refractivity contribution in [1.82, 2.24) is 25.0 Å². The molecular weight excluding hydrogens is 497 g/mol. The molecule has 0 bridgehead atoms. The van der Waals surface area contributed by atoms with Crippen molar-refractivity contribution in [3.63, 3.8) is 0 Å². The van der Waals surface area contributed by atoms with Gasteiger partial charge in [-0.05, 0) is 63.8 Å². The van der Waals surface area contributed by atoms with Crippen molar-refractivity contribution in [3.8, 4) is 0 Å². The molecule has 3 aromatic rings. The van der Waals surface area contributed by atoms with Crippen molar-refractivity contribution in [2.24, 2.45) is 7.05 Å². The number of carbonyl (C=O) groups excluding carboxylic acids is 1. The molecule has 1 fully saturated rings. The van der Waals surface area contributed by atoms with E-state index in [-0.39, 0.29) is 24.1 Å². The molecule has 11 heteroatoms. The molecule has 1 saturated heterocycles. The van der Waals surface area contributed by atoms with Crippen molar-refractivity contribution in [1.29, 1.82) is 0 Å². The summed E-state index contributed by atoms with van der Waals surface area (Å²) in [6.07, 6.45) is -1.25. The first-order chi connectivity index (χ1) is 17.9. The number of amides is 1. The van der Waals surface area contributed by atoms with Gasteiger partial charge in [0.15, 0.2) is 0 Å². The Morgan fingerprint density at radius 1 is 1.21 bits per heavy atom. The van der Waals surface area contributed by atoms with Gasteiger partial charge in [-0.2, -0.15) is 18.3 Å². The Morgan fingerprint density at radius 3 is 2.50 bits per heavy atom. The zero-order chi connectivity index (χ0) is 27.8. The summed E-state index contributed by atoms with van der Waals surface area (Å²) in [4.78, 5) is 32.3. The largest absolute Gasteiger partial charge is 0.401 e. The molecule has 2 aromatic heterocycles. The van der Waals surface area contributed by atoms with Gasteiger partial charge in [0.2, 0.25) is 0 Å². The van der Waals surface area contributed by atoms with E-state index in [9.17, 15) is 22.8 Å². The maximum absolute atomic E-state index is 13.4. The molecule has 2 N–H and O–H groups in total. The highest BCUT2D eigenvalue weighted by atomic mass is 19.4. The summed E-state index contributed by atoms with van der Waals surface area (Å²) in [7, 11) is 1.82. The zero-order valence-corrected chi connectivity index (χ0v) is 22.5. The predicted octanol–water partition coefficient (Wildman–Crippen LogP) is 3.97. The number of nitrogens with one attached hydrogen (secondary N) is 2. The lowest BCUT2D eigenvalue weighted by Gasteiger charge is -2.40. The van der Waals surface area contributed by atoms with Crippen LogP contribution in [0.5, 0.6) is 0 Å². The highest BCUT2D eigenvalue weighted by molar-refractivity contribution is 6.05. The molecule has 3 heterocycles. The fourth-order valence-corrected chi connectivity index (χ4v) is 5.63. The molecule has 1 aliphatic rings. The van der Waals surface area contributed by atoms with Crippen LogP contribution in [0.25, 0.3) is 10.9 Å². The number of anilines is 1. The zero-order valence-electron chi connectivity index (χ0n) is 22.5. The number of aromatic nitrogens is 3. The fourth-order valence-electron chi connectivity index (χ4n) is 5.63. The molecule has 0 saturated carbocycles. The number of H-pyrrole nitrogens is 1. The summed E-state index contributed by atoms with van der Waals surface area (Å²) >= 11 is 0. The normalized spacial score (nSPS) is 15.3. The summed E-state index contributed by atoms with van der Waals surface area (Å²) in [5, 5.41) is 8.24. The van der Waals surface area contributed by atoms with Crippen LogP contribution in [-0.4, -0.2) is 64.0 Å². The van der Waals surface area contributed by atoms with Crippen molar-refractivity contribution in [3.05, 3.63) is 56.6 Å². The first-order valence-corrected chi connectivity index (χ1v) is 12.9. The number of benzene rings is 1. The summed E-state index contributed by atoms with van der Waals surface area (Å²) < 4.78 is 40.4. The first-order valence-electron chi connectivity index (χ1n) is 12.9. The Balaban J connectivity index is 1.63. The molecular formula is C27H35F3N6O2. The third kappa shape index (κ3) is 5.72. The number of likely N-dealkylation sites (tertiary alicyclic amines) is 1. The number of rotatable bonds is 7. The molecule has 1 aliphatic heterocycles. The number of aryl methyl sites for hydroxylation is 4. The van der Waals surface area contributed by atoms with Crippen LogP contribution in [0.4, 0.5) is 18.9 Å². The summed E-state index contributed by atoms with van der Waals surface area (Å²) in [6, 6.07) is 3.76. The molecule has 8 nitrogen and oxygen atoms in total. The lowest BCUT2D eigenvalue weighted by atomic mass is 9.98. The van der Waals surface area contributed by atoms with E-state index in [1.807, 2.05) is 46.9 Å². The number of piperidine rings is 1. The third-order valence-corrected chi connectivity index (χ3v) is 7.47. The monoisotopic (exact) mass is 532 g/mol. The lowest BCUT2D eigenvalue weighted by Crippen LogP contribution is -2.47. The molecule has 0 aliphatic carbocycles. The van der Waals surface area contributed by atoms with Gasteiger partial charge in [0.25, 0.3) is 11.5 Å². The predicted molar refractivity (Wildman–Crippen MR) is 142 cm³/mol. The summed E-state index contributed by atoms with van der Waals surface area (Å²) in [6.45, 7) is 8.09. The van der Waals surface area contributed by atoms with Crippen LogP contribution in [0.1, 0.15) is 52.5 Å². The second-order valence-corrected chi connectivity index (χ2v) is 10.1. The topological polar surface area (TPSA) is 86.3 Å². The van der Waals surface area contributed by atoms with Gasteiger partial charge in [0.05, 0.1) is 18.3 Å². The summed E-state index contributed by atoms with van der Waals surface area (Å²) in [5.41, 5.74) is 4.75. The molecule has 1 amide bonds. The van der Waals surface area contributed by atoms with Crippen molar-refractivity contribution in [2.75, 3.05) is 31.1 Å². The van der Waals surface area contributed by atoms with E-state index in [0.29, 0.717) is 43.6 Å². The van der Waals surface area contributed by atoms with Crippen LogP contribution in [0.15, 0.2) is 23.1 Å². The molecule has 38 heavy (non-hydrogen) atoms. The van der Waals surface area contributed by atoms with Gasteiger partial charge in [-0.3, -0.25) is 19.2 Å². The van der Waals surface area contributed by atoms with E-state index in [4.69, 9.17) is 0 Å². The SMILES string of the molecule is CCN(c1cc(C(=O)NCc2c(C)cc(C)[nH]c2=O)c(C)c2c1cnn2C)C1CCN(CC(F)(F)F)CC1. The number of pyridine rings is 1. The highest BCUT2D eigenvalue weighted by Crippen LogP contribution is 2.35. The van der Waals surface area contributed by atoms with Gasteiger partial charge in [-0.1, -0.05) is 0 Å². The Labute approximate surface area is 219 Å². The second-order valence-electron chi connectivity index (χ2n) is 10.1. The van der Waals surface area contributed by atoms with Crippen molar-refractivity contribution >= 4 is 22.5 Å². The van der Waals surface area contributed by atoms with E-state index in [2.05, 4.69) is 20.3 Å². The quantitative estimate of drug-likeness (QED) is 0.481. The van der Waals surface area contributed by atoms with Crippen LogP contribution < -0.4 is 15.8 Å². The second kappa shape index (κ2) is 10.8. The van der Waals surface area contributed by atoms with Gasteiger partial charge >= 0.3 is 6.18 Å². The van der Waals surface area contributed by atoms with Gasteiger partial charge < -0.3 is 15.2 Å². The van der Waals surface area contributed by atoms with Crippen LogP contribution >= 0.6 is 0 Å². The molecule has 0 radical (unpaired) electrons. The molecule has 0 atom stereocenters. The third-order valence-electron chi connectivity index (χ3n) is 7.47. The van der Waals surface area contributed by atoms with Gasteiger partial charge in [0, 0.05) is 67.2 Å². The van der Waals surface area contributed by atoms with Gasteiger partial charge in [-0.15, -0.1) is 0 Å². The van der Waals surface area contributed by atoms with Gasteiger partial charge in [-0.25, -0.2) is 0 Å². The average Bonchev–Trinajstić information content (AvgIpc) is 3.22. The number of halogens is 3. The number of hydrogen-bond donors (Lipinski definition) is 2. The number of alkyl halides is 3. The number of hydrogen-bond acceptors (Lipinski definition) is 5. The van der Waals surface area contributed by atoms with E-state index in [1.165, 1.54) is 4.90 Å². The average molecular weight is 533 g/mol. The number of nitrogens with zero attached hydrogens (tertiary/aromatic N) is 4. The fraction of sp³-hybridized carbons (Fsp3) is 0.519. The molecule has 1 aromatic carbocycles. The maximum Gasteiger partial charge on any atom is 0.401 e. The number of aromatic amines is 1. The van der Waals surface area contributed by atoms with Crippen molar-refractivity contribution in [2.45, 2.75) is 59.3 Å². The van der Waals surface area contributed by atoms with Crippen molar-refractivity contribution < 1.29 is 18.0 Å². The van der Waals surface area contributed by atoms with Crippen LogP contribution in [-0.2, 0) is 13.6 Å². The minimum atomic E-state index is -4.21. The Hall–Kier alpha value is -3.34. The van der Waals surface area contributed by atoms with Crippen LogP contribution in [0.2, 0.25) is 0 Å². The summed E-state index contributed by atoms with van der Waals surface area (Å²) in [5.74, 6) is -0.303. The smallest absolute Gasteiger partial charge is 0.368 e. The minimum absolute atomic E-state index is 0.0419. The molecule has 4 rings (SSSR count). The molecule has 0 unspecified atom stereocenters. The lowest BCUT2D eigenvalue weighted by molar-refractivity contribution is -0.147. The van der Waals surface area contributed by atoms with Gasteiger partial charge in [0.1, 0.15) is 0 Å². The van der Waals surface area contributed by atoms with E-state index >= 15 is 0 Å². The van der Waals surface area contributed by atoms with Crippen LogP contribution in [0, 0.1) is 20.8 Å². The van der Waals surface area contributed by atoms with Crippen LogP contribution in [0.3, 0.4) is 0 Å². The van der Waals surface area contributed by atoms with E-state index in [0.717, 1.165) is 33.4 Å². The number of fused-ring (bicyclic) bond motifs is 1.